The Morgan fingerprint density at radius 2 is 1.78 bits per heavy atom. The number of amides is 1. The van der Waals surface area contributed by atoms with Gasteiger partial charge < -0.3 is 14.7 Å². The van der Waals surface area contributed by atoms with E-state index < -0.39 is 17.7 Å². The minimum Gasteiger partial charge on any atom is -0.507 e. The summed E-state index contributed by atoms with van der Waals surface area (Å²) in [5.74, 6) is -0.209. The molecule has 0 spiro atoms. The number of ether oxygens (including phenoxy) is 1. The quantitative estimate of drug-likeness (QED) is 0.341. The van der Waals surface area contributed by atoms with E-state index in [1.54, 1.807) is 23.1 Å². The fourth-order valence-electron chi connectivity index (χ4n) is 4.00. The van der Waals surface area contributed by atoms with Crippen LogP contribution in [0.3, 0.4) is 0 Å². The maximum atomic E-state index is 13.0. The third kappa shape index (κ3) is 4.72. The molecule has 5 heteroatoms. The summed E-state index contributed by atoms with van der Waals surface area (Å²) >= 11 is 0. The van der Waals surface area contributed by atoms with Crippen molar-refractivity contribution in [1.29, 1.82) is 0 Å². The number of carbonyl (C=O) groups is 2. The normalized spacial score (nSPS) is 17.9. The average molecular weight is 436 g/mol. The summed E-state index contributed by atoms with van der Waals surface area (Å²) in [6.45, 7) is 11.2. The molecule has 1 amide bonds. The van der Waals surface area contributed by atoms with Crippen LogP contribution < -0.4 is 4.74 Å². The van der Waals surface area contributed by atoms with Gasteiger partial charge in [0.05, 0.1) is 18.2 Å². The summed E-state index contributed by atoms with van der Waals surface area (Å²) in [7, 11) is 0. The van der Waals surface area contributed by atoms with Crippen molar-refractivity contribution in [3.63, 3.8) is 0 Å². The smallest absolute Gasteiger partial charge is 0.295 e. The lowest BCUT2D eigenvalue weighted by atomic mass is 9.94. The van der Waals surface area contributed by atoms with Crippen LogP contribution in [0.2, 0.25) is 0 Å². The molecule has 0 bridgehead atoms. The molecule has 1 atom stereocenters. The Balaban J connectivity index is 2.07. The highest BCUT2D eigenvalue weighted by atomic mass is 16.5. The van der Waals surface area contributed by atoms with E-state index in [9.17, 15) is 14.7 Å². The van der Waals surface area contributed by atoms with Gasteiger partial charge in [-0.1, -0.05) is 52.0 Å². The van der Waals surface area contributed by atoms with Gasteiger partial charge in [0.1, 0.15) is 11.5 Å². The van der Waals surface area contributed by atoms with Crippen molar-refractivity contribution in [3.05, 3.63) is 70.3 Å². The molecule has 5 nitrogen and oxygen atoms in total. The minimum absolute atomic E-state index is 0.142. The van der Waals surface area contributed by atoms with Gasteiger partial charge in [-0.2, -0.15) is 0 Å². The standard InChI is InChI=1S/C27H33NO4/c1-6-14-28-24(20-10-8-19(7-2)9-11-20)23(26(30)27(28)31)25(29)21-12-13-22(18(5)15-21)32-16-17(3)4/h8-13,15,17,24,29H,6-7,14,16H2,1-5H3/b25-23-. The van der Waals surface area contributed by atoms with E-state index in [0.717, 1.165) is 29.7 Å². The van der Waals surface area contributed by atoms with Crippen molar-refractivity contribution in [2.45, 2.75) is 53.5 Å². The largest absolute Gasteiger partial charge is 0.507 e. The van der Waals surface area contributed by atoms with Gasteiger partial charge in [-0.05, 0) is 60.6 Å². The first-order chi connectivity index (χ1) is 15.3. The molecular formula is C27H33NO4. The molecule has 1 N–H and O–H groups in total. The predicted octanol–water partition coefficient (Wildman–Crippen LogP) is 5.42. The number of nitrogens with zero attached hydrogens (tertiary/aromatic N) is 1. The van der Waals surface area contributed by atoms with Gasteiger partial charge in [-0.25, -0.2) is 0 Å². The summed E-state index contributed by atoms with van der Waals surface area (Å²) in [5.41, 5.74) is 3.51. The highest BCUT2D eigenvalue weighted by molar-refractivity contribution is 6.46. The molecule has 0 aromatic heterocycles. The summed E-state index contributed by atoms with van der Waals surface area (Å²) in [5, 5.41) is 11.2. The number of Topliss-reactive ketones (excluding diaryl/α,β-unsaturated/α-hetero) is 1. The molecule has 1 saturated heterocycles. The first-order valence-corrected chi connectivity index (χ1v) is 11.4. The van der Waals surface area contributed by atoms with Crippen molar-refractivity contribution >= 4 is 17.4 Å². The van der Waals surface area contributed by atoms with Crippen molar-refractivity contribution in [2.75, 3.05) is 13.2 Å². The summed E-state index contributed by atoms with van der Waals surface area (Å²) < 4.78 is 5.83. The molecule has 1 aliphatic heterocycles. The highest BCUT2D eigenvalue weighted by Crippen LogP contribution is 2.40. The molecule has 1 aliphatic rings. The SMILES string of the molecule is CCCN1C(=O)C(=O)/C(=C(\O)c2ccc(OCC(C)C)c(C)c2)C1c1ccc(CC)cc1. The van der Waals surface area contributed by atoms with E-state index in [-0.39, 0.29) is 11.3 Å². The van der Waals surface area contributed by atoms with Crippen LogP contribution in [0, 0.1) is 12.8 Å². The zero-order valence-corrected chi connectivity index (χ0v) is 19.6. The predicted molar refractivity (Wildman–Crippen MR) is 127 cm³/mol. The van der Waals surface area contributed by atoms with Crippen molar-refractivity contribution < 1.29 is 19.4 Å². The van der Waals surface area contributed by atoms with E-state index in [0.29, 0.717) is 24.6 Å². The summed E-state index contributed by atoms with van der Waals surface area (Å²) in [4.78, 5) is 27.4. The monoisotopic (exact) mass is 435 g/mol. The summed E-state index contributed by atoms with van der Waals surface area (Å²) in [6.07, 6.45) is 1.62. The molecule has 2 aromatic rings. The number of aryl methyl sites for hydroxylation is 2. The lowest BCUT2D eigenvalue weighted by Gasteiger charge is -2.25. The Morgan fingerprint density at radius 3 is 2.34 bits per heavy atom. The lowest BCUT2D eigenvalue weighted by Crippen LogP contribution is -2.30. The number of aliphatic hydroxyl groups is 1. The number of hydrogen-bond acceptors (Lipinski definition) is 4. The number of benzene rings is 2. The average Bonchev–Trinajstić information content (AvgIpc) is 3.03. The molecule has 0 saturated carbocycles. The van der Waals surface area contributed by atoms with E-state index in [2.05, 4.69) is 20.8 Å². The molecule has 170 valence electrons. The summed E-state index contributed by atoms with van der Waals surface area (Å²) in [6, 6.07) is 12.6. The maximum Gasteiger partial charge on any atom is 0.295 e. The van der Waals surface area contributed by atoms with Gasteiger partial charge in [-0.15, -0.1) is 0 Å². The maximum absolute atomic E-state index is 13.0. The molecule has 0 radical (unpaired) electrons. The number of aliphatic hydroxyl groups excluding tert-OH is 1. The molecule has 3 rings (SSSR count). The van der Waals surface area contributed by atoms with Crippen molar-refractivity contribution in [3.8, 4) is 5.75 Å². The second kappa shape index (κ2) is 10.0. The highest BCUT2D eigenvalue weighted by Gasteiger charge is 2.45. The van der Waals surface area contributed by atoms with Gasteiger partial charge >= 0.3 is 0 Å². The van der Waals surface area contributed by atoms with Crippen LogP contribution in [0.5, 0.6) is 5.75 Å². The van der Waals surface area contributed by atoms with Crippen LogP contribution >= 0.6 is 0 Å². The van der Waals surface area contributed by atoms with Crippen LogP contribution in [0.15, 0.2) is 48.0 Å². The molecule has 2 aromatic carbocycles. The number of carbonyl (C=O) groups excluding carboxylic acids is 2. The van der Waals surface area contributed by atoms with Gasteiger partial charge in [0, 0.05) is 12.1 Å². The van der Waals surface area contributed by atoms with Gasteiger partial charge in [0.15, 0.2) is 0 Å². The van der Waals surface area contributed by atoms with Crippen LogP contribution in [0.25, 0.3) is 5.76 Å². The van der Waals surface area contributed by atoms with Gasteiger partial charge in [0.2, 0.25) is 0 Å². The Labute approximate surface area is 190 Å². The lowest BCUT2D eigenvalue weighted by molar-refractivity contribution is -0.139. The second-order valence-corrected chi connectivity index (χ2v) is 8.77. The van der Waals surface area contributed by atoms with Crippen LogP contribution in [-0.4, -0.2) is 34.8 Å². The Bertz CT molecular complexity index is 1020. The number of rotatable bonds is 8. The van der Waals surface area contributed by atoms with E-state index >= 15 is 0 Å². The number of ketones is 1. The Morgan fingerprint density at radius 1 is 1.09 bits per heavy atom. The van der Waals surface area contributed by atoms with Crippen molar-refractivity contribution in [2.24, 2.45) is 5.92 Å². The Kier molecular flexibility index (Phi) is 7.39. The third-order valence-electron chi connectivity index (χ3n) is 5.73. The fraction of sp³-hybridized carbons (Fsp3) is 0.407. The fourth-order valence-corrected chi connectivity index (χ4v) is 4.00. The van der Waals surface area contributed by atoms with Gasteiger partial charge in [-0.3, -0.25) is 9.59 Å². The zero-order chi connectivity index (χ0) is 23.4. The number of hydrogen-bond donors (Lipinski definition) is 1. The molecule has 1 unspecified atom stereocenters. The van der Waals surface area contributed by atoms with E-state index in [1.165, 1.54) is 5.56 Å². The molecule has 0 aliphatic carbocycles. The van der Waals surface area contributed by atoms with E-state index in [4.69, 9.17) is 4.74 Å². The number of likely N-dealkylation sites (tertiary alicyclic amines) is 1. The van der Waals surface area contributed by atoms with Crippen LogP contribution in [0.1, 0.15) is 62.4 Å². The molecular weight excluding hydrogens is 402 g/mol. The third-order valence-corrected chi connectivity index (χ3v) is 5.73. The first-order valence-electron chi connectivity index (χ1n) is 11.4. The van der Waals surface area contributed by atoms with Gasteiger partial charge in [0.25, 0.3) is 11.7 Å². The van der Waals surface area contributed by atoms with Crippen LogP contribution in [-0.2, 0) is 16.0 Å². The topological polar surface area (TPSA) is 66.8 Å². The second-order valence-electron chi connectivity index (χ2n) is 8.77. The Hall–Kier alpha value is -3.08. The molecule has 1 fully saturated rings. The first kappa shape index (κ1) is 23.6. The minimum atomic E-state index is -0.640. The van der Waals surface area contributed by atoms with E-state index in [1.807, 2.05) is 38.1 Å². The molecule has 32 heavy (non-hydrogen) atoms. The van der Waals surface area contributed by atoms with Crippen LogP contribution in [0.4, 0.5) is 0 Å². The van der Waals surface area contributed by atoms with Crippen molar-refractivity contribution in [1.82, 2.24) is 4.90 Å². The molecule has 1 heterocycles. The zero-order valence-electron chi connectivity index (χ0n) is 19.6.